The van der Waals surface area contributed by atoms with E-state index in [0.29, 0.717) is 29.5 Å². The van der Waals surface area contributed by atoms with Gasteiger partial charge in [0.05, 0.1) is 0 Å². The minimum Gasteiger partial charge on any atom is -0.352 e. The summed E-state index contributed by atoms with van der Waals surface area (Å²) in [4.78, 5) is 26.7. The maximum absolute atomic E-state index is 12.6. The molecular weight excluding hydrogens is 288 g/mol. The summed E-state index contributed by atoms with van der Waals surface area (Å²) < 4.78 is 0. The van der Waals surface area contributed by atoms with Crippen molar-refractivity contribution in [2.24, 2.45) is 11.8 Å². The predicted molar refractivity (Wildman–Crippen MR) is 92.5 cm³/mol. The molecule has 1 aromatic rings. The summed E-state index contributed by atoms with van der Waals surface area (Å²) in [6.07, 6.45) is 3.07. The van der Waals surface area contributed by atoms with Crippen LogP contribution < -0.4 is 5.32 Å². The first-order valence-electron chi connectivity index (χ1n) is 8.65. The highest BCUT2D eigenvalue weighted by Gasteiger charge is 2.21. The van der Waals surface area contributed by atoms with Crippen molar-refractivity contribution < 1.29 is 9.59 Å². The second-order valence-corrected chi connectivity index (χ2v) is 6.99. The molecule has 0 aromatic heterocycles. The number of nitrogens with zero attached hydrogens (tertiary/aromatic N) is 1. The Morgan fingerprint density at radius 2 is 1.87 bits per heavy atom. The van der Waals surface area contributed by atoms with Crippen LogP contribution >= 0.6 is 0 Å². The van der Waals surface area contributed by atoms with Gasteiger partial charge in [-0.15, -0.1) is 0 Å². The number of hydrogen-bond acceptors (Lipinski definition) is 2. The molecule has 1 N–H and O–H groups in total. The van der Waals surface area contributed by atoms with Gasteiger partial charge in [-0.1, -0.05) is 26.8 Å². The SMILES string of the molecule is CC(C)CCNC(=O)c1cccc(C(=O)N2CCC(C)CC2)c1. The zero-order chi connectivity index (χ0) is 16.8. The molecule has 1 aliphatic rings. The standard InChI is InChI=1S/C19H28N2O2/c1-14(2)7-10-20-18(22)16-5-4-6-17(13-16)19(23)21-11-8-15(3)9-12-21/h4-6,13-15H,7-12H2,1-3H3,(H,20,22). The van der Waals surface area contributed by atoms with Crippen LogP contribution in [0.3, 0.4) is 0 Å². The Kier molecular flexibility index (Phi) is 6.20. The molecule has 0 aliphatic carbocycles. The number of nitrogens with one attached hydrogen (secondary N) is 1. The molecule has 4 heteroatoms. The van der Waals surface area contributed by atoms with E-state index < -0.39 is 0 Å². The quantitative estimate of drug-likeness (QED) is 0.906. The maximum atomic E-state index is 12.6. The lowest BCUT2D eigenvalue weighted by molar-refractivity contribution is 0.0697. The van der Waals surface area contributed by atoms with Crippen molar-refractivity contribution in [3.8, 4) is 0 Å². The Balaban J connectivity index is 1.98. The number of piperidine rings is 1. The first-order chi connectivity index (χ1) is 11.0. The molecule has 0 spiro atoms. The van der Waals surface area contributed by atoms with Gasteiger partial charge in [0, 0.05) is 30.8 Å². The van der Waals surface area contributed by atoms with Crippen molar-refractivity contribution in [2.75, 3.05) is 19.6 Å². The number of rotatable bonds is 5. The number of carbonyl (C=O) groups excluding carboxylic acids is 2. The molecule has 126 valence electrons. The Morgan fingerprint density at radius 3 is 2.52 bits per heavy atom. The van der Waals surface area contributed by atoms with Gasteiger partial charge in [0.1, 0.15) is 0 Å². The van der Waals surface area contributed by atoms with E-state index in [1.54, 1.807) is 24.3 Å². The van der Waals surface area contributed by atoms with Crippen molar-refractivity contribution in [2.45, 2.75) is 40.0 Å². The number of carbonyl (C=O) groups is 2. The highest BCUT2D eigenvalue weighted by Crippen LogP contribution is 2.18. The summed E-state index contributed by atoms with van der Waals surface area (Å²) in [7, 11) is 0. The topological polar surface area (TPSA) is 49.4 Å². The Labute approximate surface area is 139 Å². The fourth-order valence-corrected chi connectivity index (χ4v) is 2.76. The first kappa shape index (κ1) is 17.5. The van der Waals surface area contributed by atoms with E-state index in [0.717, 1.165) is 32.4 Å². The molecule has 0 saturated carbocycles. The van der Waals surface area contributed by atoms with Crippen molar-refractivity contribution in [3.05, 3.63) is 35.4 Å². The minimum absolute atomic E-state index is 0.0359. The summed E-state index contributed by atoms with van der Waals surface area (Å²) >= 11 is 0. The van der Waals surface area contributed by atoms with E-state index in [2.05, 4.69) is 26.1 Å². The summed E-state index contributed by atoms with van der Waals surface area (Å²) in [6, 6.07) is 7.06. The van der Waals surface area contributed by atoms with Gasteiger partial charge in [-0.05, 0) is 49.3 Å². The lowest BCUT2D eigenvalue weighted by Gasteiger charge is -2.30. The van der Waals surface area contributed by atoms with Gasteiger partial charge >= 0.3 is 0 Å². The molecule has 1 aromatic carbocycles. The molecule has 2 amide bonds. The fourth-order valence-electron chi connectivity index (χ4n) is 2.76. The number of benzene rings is 1. The third-order valence-corrected chi connectivity index (χ3v) is 4.45. The van der Waals surface area contributed by atoms with Crippen LogP contribution in [0.25, 0.3) is 0 Å². The molecule has 4 nitrogen and oxygen atoms in total. The van der Waals surface area contributed by atoms with Crippen molar-refractivity contribution in [3.63, 3.8) is 0 Å². The molecule has 0 atom stereocenters. The third kappa shape index (κ3) is 5.08. The van der Waals surface area contributed by atoms with Crippen LogP contribution in [0.5, 0.6) is 0 Å². The molecule has 23 heavy (non-hydrogen) atoms. The second kappa shape index (κ2) is 8.14. The van der Waals surface area contributed by atoms with Crippen molar-refractivity contribution >= 4 is 11.8 Å². The van der Waals surface area contributed by atoms with Crippen LogP contribution in [-0.2, 0) is 0 Å². The second-order valence-electron chi connectivity index (χ2n) is 6.99. The van der Waals surface area contributed by atoms with E-state index in [9.17, 15) is 9.59 Å². The molecule has 0 bridgehead atoms. The molecule has 2 rings (SSSR count). The van der Waals surface area contributed by atoms with Gasteiger partial charge in [-0.2, -0.15) is 0 Å². The molecule has 0 radical (unpaired) electrons. The molecule has 0 unspecified atom stereocenters. The summed E-state index contributed by atoms with van der Waals surface area (Å²) in [6.45, 7) is 8.77. The average molecular weight is 316 g/mol. The van der Waals surface area contributed by atoms with Crippen molar-refractivity contribution in [1.29, 1.82) is 0 Å². The van der Waals surface area contributed by atoms with Crippen LogP contribution in [0.4, 0.5) is 0 Å². The fraction of sp³-hybridized carbons (Fsp3) is 0.579. The molecule has 1 saturated heterocycles. The highest BCUT2D eigenvalue weighted by atomic mass is 16.2. The lowest BCUT2D eigenvalue weighted by Crippen LogP contribution is -2.38. The maximum Gasteiger partial charge on any atom is 0.253 e. The highest BCUT2D eigenvalue weighted by molar-refractivity contribution is 5.99. The summed E-state index contributed by atoms with van der Waals surface area (Å²) in [5, 5.41) is 2.92. The Hall–Kier alpha value is -1.84. The van der Waals surface area contributed by atoms with Crippen LogP contribution in [0.15, 0.2) is 24.3 Å². The van der Waals surface area contributed by atoms with Gasteiger partial charge in [-0.25, -0.2) is 0 Å². The summed E-state index contributed by atoms with van der Waals surface area (Å²) in [5.41, 5.74) is 1.17. The lowest BCUT2D eigenvalue weighted by atomic mass is 9.98. The van der Waals surface area contributed by atoms with Crippen LogP contribution in [0.2, 0.25) is 0 Å². The first-order valence-corrected chi connectivity index (χ1v) is 8.65. The predicted octanol–water partition coefficient (Wildman–Crippen LogP) is 3.33. The number of likely N-dealkylation sites (tertiary alicyclic amines) is 1. The van der Waals surface area contributed by atoms with Gasteiger partial charge in [0.25, 0.3) is 11.8 Å². The van der Waals surface area contributed by atoms with Gasteiger partial charge in [-0.3, -0.25) is 9.59 Å². The minimum atomic E-state index is -0.104. The zero-order valence-electron chi connectivity index (χ0n) is 14.5. The smallest absolute Gasteiger partial charge is 0.253 e. The van der Waals surface area contributed by atoms with Crippen LogP contribution in [0, 0.1) is 11.8 Å². The van der Waals surface area contributed by atoms with Gasteiger partial charge in [0.15, 0.2) is 0 Å². The van der Waals surface area contributed by atoms with E-state index in [4.69, 9.17) is 0 Å². The van der Waals surface area contributed by atoms with E-state index in [1.165, 1.54) is 0 Å². The van der Waals surface area contributed by atoms with E-state index >= 15 is 0 Å². The van der Waals surface area contributed by atoms with Gasteiger partial charge in [0.2, 0.25) is 0 Å². The average Bonchev–Trinajstić information content (AvgIpc) is 2.54. The van der Waals surface area contributed by atoms with Crippen LogP contribution in [0.1, 0.15) is 60.7 Å². The monoisotopic (exact) mass is 316 g/mol. The van der Waals surface area contributed by atoms with Gasteiger partial charge < -0.3 is 10.2 Å². The molecule has 1 heterocycles. The molecule has 1 aliphatic heterocycles. The normalized spacial score (nSPS) is 15.7. The van der Waals surface area contributed by atoms with E-state index in [1.807, 2.05) is 4.90 Å². The summed E-state index contributed by atoms with van der Waals surface area (Å²) in [5.74, 6) is 1.18. The number of hydrogen-bond donors (Lipinski definition) is 1. The largest absolute Gasteiger partial charge is 0.352 e. The third-order valence-electron chi connectivity index (χ3n) is 4.45. The Bertz CT molecular complexity index is 546. The zero-order valence-corrected chi connectivity index (χ0v) is 14.5. The van der Waals surface area contributed by atoms with Crippen molar-refractivity contribution in [1.82, 2.24) is 10.2 Å². The van der Waals surface area contributed by atoms with E-state index in [-0.39, 0.29) is 11.8 Å². The van der Waals surface area contributed by atoms with Crippen LogP contribution in [-0.4, -0.2) is 36.3 Å². The molecule has 1 fully saturated rings. The number of amides is 2. The molecular formula is C19H28N2O2. The Morgan fingerprint density at radius 1 is 1.22 bits per heavy atom.